The van der Waals surface area contributed by atoms with Gasteiger partial charge >= 0.3 is 11.7 Å². The summed E-state index contributed by atoms with van der Waals surface area (Å²) in [6, 6.07) is 5.67. The van der Waals surface area contributed by atoms with E-state index in [4.69, 9.17) is 27.9 Å². The maximum absolute atomic E-state index is 11.7. The van der Waals surface area contributed by atoms with Crippen LogP contribution in [0.15, 0.2) is 30.5 Å². The van der Waals surface area contributed by atoms with Crippen LogP contribution in [0.2, 0.25) is 10.0 Å². The van der Waals surface area contributed by atoms with Gasteiger partial charge in [0, 0.05) is 5.02 Å². The van der Waals surface area contributed by atoms with Crippen molar-refractivity contribution in [1.82, 2.24) is 9.78 Å². The van der Waals surface area contributed by atoms with Crippen molar-refractivity contribution in [3.63, 3.8) is 0 Å². The van der Waals surface area contributed by atoms with Crippen molar-refractivity contribution >= 4 is 34.9 Å². The summed E-state index contributed by atoms with van der Waals surface area (Å²) in [5.41, 5.74) is 0. The minimum Gasteiger partial charge on any atom is -0.482 e. The molecule has 0 saturated heterocycles. The number of nitrogens with zero attached hydrogens (tertiary/aromatic N) is 3. The number of nitro groups is 1. The van der Waals surface area contributed by atoms with Gasteiger partial charge < -0.3 is 14.9 Å². The number of aromatic nitrogens is 2. The number of hydrogen-bond donors (Lipinski definition) is 0. The standard InChI is InChI=1S/C11H7Cl2N3O4/c12-7-1-2-9(8(13)5-7)20-6-11(17)15-4-3-10(14-15)16(18)19/h1-5H,6H2. The molecule has 104 valence electrons. The molecule has 9 heteroatoms. The number of carbonyl (C=O) groups excluding carboxylic acids is 1. The zero-order chi connectivity index (χ0) is 14.7. The van der Waals surface area contributed by atoms with Crippen LogP contribution in [0.25, 0.3) is 0 Å². The van der Waals surface area contributed by atoms with Crippen molar-refractivity contribution < 1.29 is 14.5 Å². The topological polar surface area (TPSA) is 87.3 Å². The number of ether oxygens (including phenoxy) is 1. The quantitative estimate of drug-likeness (QED) is 0.639. The Balaban J connectivity index is 2.02. The highest BCUT2D eigenvalue weighted by Gasteiger charge is 2.17. The van der Waals surface area contributed by atoms with Gasteiger partial charge in [-0.1, -0.05) is 23.2 Å². The van der Waals surface area contributed by atoms with Gasteiger partial charge in [0.2, 0.25) is 0 Å². The lowest BCUT2D eigenvalue weighted by molar-refractivity contribution is -0.389. The van der Waals surface area contributed by atoms with Crippen molar-refractivity contribution in [3.8, 4) is 5.75 Å². The third-order valence-corrected chi connectivity index (χ3v) is 2.79. The van der Waals surface area contributed by atoms with E-state index in [0.717, 1.165) is 10.7 Å². The van der Waals surface area contributed by atoms with Crippen molar-refractivity contribution in [1.29, 1.82) is 0 Å². The highest BCUT2D eigenvalue weighted by molar-refractivity contribution is 6.35. The van der Waals surface area contributed by atoms with Gasteiger partial charge in [0.1, 0.15) is 5.75 Å². The molecule has 1 aromatic heterocycles. The first kappa shape index (κ1) is 14.3. The molecule has 0 saturated carbocycles. The number of carbonyl (C=O) groups is 1. The van der Waals surface area contributed by atoms with Crippen LogP contribution in [0, 0.1) is 10.1 Å². The average molecular weight is 316 g/mol. The summed E-state index contributed by atoms with van der Waals surface area (Å²) >= 11 is 11.6. The molecule has 0 atom stereocenters. The first-order chi connectivity index (χ1) is 9.47. The molecule has 0 aliphatic carbocycles. The summed E-state index contributed by atoms with van der Waals surface area (Å²) in [4.78, 5) is 21.5. The van der Waals surface area contributed by atoms with Crippen LogP contribution in [0.4, 0.5) is 5.82 Å². The zero-order valence-corrected chi connectivity index (χ0v) is 11.3. The molecule has 20 heavy (non-hydrogen) atoms. The Morgan fingerprint density at radius 2 is 2.15 bits per heavy atom. The summed E-state index contributed by atoms with van der Waals surface area (Å²) in [6.45, 7) is -0.361. The monoisotopic (exact) mass is 315 g/mol. The van der Waals surface area contributed by atoms with Gasteiger partial charge in [-0.3, -0.25) is 4.79 Å². The van der Waals surface area contributed by atoms with Crippen molar-refractivity contribution in [3.05, 3.63) is 50.6 Å². The maximum atomic E-state index is 11.7. The lowest BCUT2D eigenvalue weighted by atomic mass is 10.3. The molecule has 0 spiro atoms. The molecule has 1 aromatic carbocycles. The molecule has 0 radical (unpaired) electrons. The number of halogens is 2. The van der Waals surface area contributed by atoms with E-state index >= 15 is 0 Å². The van der Waals surface area contributed by atoms with Crippen LogP contribution in [0.5, 0.6) is 5.75 Å². The number of hydrogen-bond acceptors (Lipinski definition) is 5. The van der Waals surface area contributed by atoms with Crippen LogP contribution in [-0.2, 0) is 0 Å². The van der Waals surface area contributed by atoms with Gasteiger partial charge in [-0.15, -0.1) is 4.68 Å². The van der Waals surface area contributed by atoms with Crippen LogP contribution in [-0.4, -0.2) is 27.2 Å². The fourth-order valence-electron chi connectivity index (χ4n) is 1.35. The molecule has 0 unspecified atom stereocenters. The van der Waals surface area contributed by atoms with Gasteiger partial charge in [0.15, 0.2) is 6.61 Å². The largest absolute Gasteiger partial charge is 0.482 e. The van der Waals surface area contributed by atoms with Crippen LogP contribution in [0.1, 0.15) is 4.79 Å². The molecule has 0 fully saturated rings. The molecular formula is C11H7Cl2N3O4. The summed E-state index contributed by atoms with van der Waals surface area (Å²) in [6.07, 6.45) is 1.19. The van der Waals surface area contributed by atoms with E-state index in [2.05, 4.69) is 5.10 Å². The predicted octanol–water partition coefficient (Wildman–Crippen LogP) is 2.82. The number of benzene rings is 1. The fourth-order valence-corrected chi connectivity index (χ4v) is 1.81. The first-order valence-electron chi connectivity index (χ1n) is 5.28. The summed E-state index contributed by atoms with van der Waals surface area (Å²) in [7, 11) is 0. The van der Waals surface area contributed by atoms with Crippen LogP contribution in [0.3, 0.4) is 0 Å². The highest BCUT2D eigenvalue weighted by Crippen LogP contribution is 2.27. The van der Waals surface area contributed by atoms with E-state index in [-0.39, 0.29) is 17.4 Å². The number of rotatable bonds is 4. The van der Waals surface area contributed by atoms with Gasteiger partial charge in [-0.2, -0.15) is 0 Å². The Morgan fingerprint density at radius 3 is 2.75 bits per heavy atom. The fraction of sp³-hybridized carbons (Fsp3) is 0.0909. The molecule has 2 rings (SSSR count). The Hall–Kier alpha value is -2.12. The average Bonchev–Trinajstić information content (AvgIpc) is 2.87. The van der Waals surface area contributed by atoms with Crippen molar-refractivity contribution in [2.24, 2.45) is 0 Å². The third kappa shape index (κ3) is 3.25. The lowest BCUT2D eigenvalue weighted by Crippen LogP contribution is -2.20. The van der Waals surface area contributed by atoms with Gasteiger partial charge in [-0.25, -0.2) is 0 Å². The van der Waals surface area contributed by atoms with E-state index in [1.54, 1.807) is 6.07 Å². The van der Waals surface area contributed by atoms with Crippen LogP contribution >= 0.6 is 23.2 Å². The second-order valence-corrected chi connectivity index (χ2v) is 4.48. The van der Waals surface area contributed by atoms with E-state index in [1.807, 2.05) is 0 Å². The van der Waals surface area contributed by atoms with E-state index < -0.39 is 16.6 Å². The second-order valence-electron chi connectivity index (χ2n) is 3.63. The first-order valence-corrected chi connectivity index (χ1v) is 6.04. The Morgan fingerprint density at radius 1 is 1.40 bits per heavy atom. The minimum atomic E-state index is -0.694. The maximum Gasteiger partial charge on any atom is 0.390 e. The van der Waals surface area contributed by atoms with Gasteiger partial charge in [0.25, 0.3) is 0 Å². The smallest absolute Gasteiger partial charge is 0.390 e. The summed E-state index contributed by atoms with van der Waals surface area (Å²) < 4.78 is 6.04. The molecule has 0 amide bonds. The van der Waals surface area contributed by atoms with Crippen LogP contribution < -0.4 is 4.74 Å². The normalized spacial score (nSPS) is 10.3. The molecule has 1 heterocycles. The lowest BCUT2D eigenvalue weighted by Gasteiger charge is -2.06. The molecule has 2 aromatic rings. The summed E-state index contributed by atoms with van der Waals surface area (Å²) in [5.74, 6) is -0.696. The van der Waals surface area contributed by atoms with Crippen molar-refractivity contribution in [2.45, 2.75) is 0 Å². The highest BCUT2D eigenvalue weighted by atomic mass is 35.5. The molecule has 0 aliphatic rings. The second kappa shape index (κ2) is 5.89. The molecule has 0 bridgehead atoms. The zero-order valence-electron chi connectivity index (χ0n) is 9.82. The Labute approximate surface area is 122 Å². The third-order valence-electron chi connectivity index (χ3n) is 2.26. The predicted molar refractivity (Wildman–Crippen MR) is 71.5 cm³/mol. The van der Waals surface area contributed by atoms with Crippen molar-refractivity contribution in [2.75, 3.05) is 6.61 Å². The molecule has 0 aliphatic heterocycles. The summed E-state index contributed by atoms with van der Waals surface area (Å²) in [5, 5.41) is 14.6. The molecule has 7 nitrogen and oxygen atoms in total. The molecule has 0 N–H and O–H groups in total. The van der Waals surface area contributed by atoms with E-state index in [1.165, 1.54) is 18.3 Å². The van der Waals surface area contributed by atoms with Gasteiger partial charge in [-0.05, 0) is 23.1 Å². The Kier molecular flexibility index (Phi) is 4.21. The van der Waals surface area contributed by atoms with E-state index in [0.29, 0.717) is 5.02 Å². The Bertz CT molecular complexity index is 671. The minimum absolute atomic E-state index is 0.261. The van der Waals surface area contributed by atoms with Gasteiger partial charge in [0.05, 0.1) is 22.4 Å². The van der Waals surface area contributed by atoms with E-state index in [9.17, 15) is 14.9 Å². The SMILES string of the molecule is O=C(COc1ccc(Cl)cc1Cl)n1ccc([N+](=O)[O-])n1. The molecular weight excluding hydrogens is 309 g/mol.